The molecular weight excluding hydrogens is 212 g/mol. The van der Waals surface area contributed by atoms with Crippen LogP contribution in [0, 0.1) is 5.92 Å². The maximum absolute atomic E-state index is 11.3. The van der Waals surface area contributed by atoms with Gasteiger partial charge in [-0.05, 0) is 18.8 Å². The lowest BCUT2D eigenvalue weighted by molar-refractivity contribution is 0.0673. The molecule has 1 atom stereocenters. The largest absolute Gasteiger partial charge is 0.477 e. The Kier molecular flexibility index (Phi) is 2.74. The fourth-order valence-corrected chi connectivity index (χ4v) is 1.65. The van der Waals surface area contributed by atoms with E-state index in [0.29, 0.717) is 11.7 Å². The van der Waals surface area contributed by atoms with E-state index in [2.05, 4.69) is 9.97 Å². The third-order valence-electron chi connectivity index (χ3n) is 2.55. The molecular formula is C10H12N2O4. The van der Waals surface area contributed by atoms with Gasteiger partial charge in [0.15, 0.2) is 5.69 Å². The molecule has 1 heterocycles. The zero-order chi connectivity index (χ0) is 11.7. The second-order valence-corrected chi connectivity index (χ2v) is 3.81. The van der Waals surface area contributed by atoms with Crippen LogP contribution in [0.3, 0.4) is 0 Å². The average Bonchev–Trinajstić information content (AvgIpc) is 3.02. The highest BCUT2D eigenvalue weighted by atomic mass is 16.5. The van der Waals surface area contributed by atoms with E-state index in [1.54, 1.807) is 0 Å². The van der Waals surface area contributed by atoms with Crippen molar-refractivity contribution in [1.82, 2.24) is 9.97 Å². The lowest BCUT2D eigenvalue weighted by Crippen LogP contribution is -2.19. The number of hydrogen-bond donors (Lipinski definition) is 2. The van der Waals surface area contributed by atoms with Crippen molar-refractivity contribution in [3.05, 3.63) is 27.9 Å². The first-order valence-corrected chi connectivity index (χ1v) is 4.99. The molecule has 0 saturated heterocycles. The second-order valence-electron chi connectivity index (χ2n) is 3.81. The second kappa shape index (κ2) is 4.05. The van der Waals surface area contributed by atoms with Crippen molar-refractivity contribution in [2.75, 3.05) is 7.11 Å². The predicted octanol–water partition coefficient (Wildman–Crippen LogP) is 0.566. The van der Waals surface area contributed by atoms with Gasteiger partial charge < -0.3 is 14.8 Å². The highest BCUT2D eigenvalue weighted by Gasteiger charge is 2.34. The van der Waals surface area contributed by atoms with Crippen LogP contribution in [0.4, 0.5) is 0 Å². The average molecular weight is 224 g/mol. The van der Waals surface area contributed by atoms with Gasteiger partial charge in [-0.25, -0.2) is 9.78 Å². The van der Waals surface area contributed by atoms with Crippen molar-refractivity contribution in [3.8, 4) is 0 Å². The van der Waals surface area contributed by atoms with E-state index in [1.165, 1.54) is 7.11 Å². The Morgan fingerprint density at radius 3 is 2.88 bits per heavy atom. The Morgan fingerprint density at radius 2 is 2.38 bits per heavy atom. The molecule has 86 valence electrons. The number of nitrogens with zero attached hydrogens (tertiary/aromatic N) is 1. The first kappa shape index (κ1) is 10.8. The summed E-state index contributed by atoms with van der Waals surface area (Å²) in [7, 11) is 1.52. The minimum Gasteiger partial charge on any atom is -0.477 e. The summed E-state index contributed by atoms with van der Waals surface area (Å²) >= 11 is 0. The van der Waals surface area contributed by atoms with Crippen LogP contribution in [-0.4, -0.2) is 28.2 Å². The van der Waals surface area contributed by atoms with Crippen LogP contribution >= 0.6 is 0 Å². The molecule has 0 amide bonds. The van der Waals surface area contributed by atoms with Crippen molar-refractivity contribution in [2.24, 2.45) is 5.92 Å². The van der Waals surface area contributed by atoms with E-state index in [9.17, 15) is 9.59 Å². The minimum atomic E-state index is -1.21. The summed E-state index contributed by atoms with van der Waals surface area (Å²) in [5.74, 6) is -0.579. The van der Waals surface area contributed by atoms with Gasteiger partial charge in [-0.2, -0.15) is 0 Å². The zero-order valence-corrected chi connectivity index (χ0v) is 8.77. The molecule has 0 spiro atoms. The fourth-order valence-electron chi connectivity index (χ4n) is 1.65. The van der Waals surface area contributed by atoms with Crippen LogP contribution < -0.4 is 5.56 Å². The topological polar surface area (TPSA) is 92.3 Å². The number of carbonyl (C=O) groups is 1. The number of aromatic carboxylic acids is 1. The van der Waals surface area contributed by atoms with E-state index >= 15 is 0 Å². The summed E-state index contributed by atoms with van der Waals surface area (Å²) in [6.45, 7) is 0. The normalized spacial score (nSPS) is 17.1. The molecule has 16 heavy (non-hydrogen) atoms. The quantitative estimate of drug-likeness (QED) is 0.779. The molecule has 6 nitrogen and oxygen atoms in total. The van der Waals surface area contributed by atoms with Gasteiger partial charge in [0.2, 0.25) is 0 Å². The van der Waals surface area contributed by atoms with Gasteiger partial charge in [-0.1, -0.05) is 0 Å². The van der Waals surface area contributed by atoms with Gasteiger partial charge in [-0.3, -0.25) is 4.79 Å². The van der Waals surface area contributed by atoms with Gasteiger partial charge in [0.25, 0.3) is 5.56 Å². The van der Waals surface area contributed by atoms with Crippen LogP contribution in [0.15, 0.2) is 10.9 Å². The Bertz CT molecular complexity index is 464. The van der Waals surface area contributed by atoms with Crippen molar-refractivity contribution < 1.29 is 14.6 Å². The van der Waals surface area contributed by atoms with Crippen LogP contribution in [0.2, 0.25) is 0 Å². The minimum absolute atomic E-state index is 0.249. The summed E-state index contributed by atoms with van der Waals surface area (Å²) in [6.07, 6.45) is 1.71. The Hall–Kier alpha value is -1.69. The number of ether oxygens (including phenoxy) is 1. The van der Waals surface area contributed by atoms with Crippen LogP contribution in [0.25, 0.3) is 0 Å². The van der Waals surface area contributed by atoms with Gasteiger partial charge in [0, 0.05) is 13.2 Å². The van der Waals surface area contributed by atoms with Crippen molar-refractivity contribution in [3.63, 3.8) is 0 Å². The lowest BCUT2D eigenvalue weighted by atomic mass is 10.2. The number of aromatic nitrogens is 2. The molecule has 6 heteroatoms. The summed E-state index contributed by atoms with van der Waals surface area (Å²) < 4.78 is 5.22. The third kappa shape index (κ3) is 2.11. The van der Waals surface area contributed by atoms with Crippen molar-refractivity contribution in [1.29, 1.82) is 0 Å². The molecule has 0 aliphatic heterocycles. The van der Waals surface area contributed by atoms with E-state index in [4.69, 9.17) is 9.84 Å². The Balaban J connectivity index is 2.39. The summed E-state index contributed by atoms with van der Waals surface area (Å²) in [5, 5.41) is 8.79. The summed E-state index contributed by atoms with van der Waals surface area (Å²) in [6, 6.07) is 0.964. The van der Waals surface area contributed by atoms with Gasteiger partial charge in [0.05, 0.1) is 0 Å². The molecule has 2 N–H and O–H groups in total. The molecule has 1 unspecified atom stereocenters. The first-order valence-electron chi connectivity index (χ1n) is 4.99. The summed E-state index contributed by atoms with van der Waals surface area (Å²) in [5.41, 5.74) is -0.716. The number of methoxy groups -OCH3 is 1. The monoisotopic (exact) mass is 224 g/mol. The number of aromatic amines is 1. The molecule has 1 aromatic heterocycles. The van der Waals surface area contributed by atoms with Gasteiger partial charge >= 0.3 is 5.97 Å². The van der Waals surface area contributed by atoms with E-state index in [0.717, 1.165) is 18.9 Å². The number of rotatable bonds is 4. The number of H-pyrrole nitrogens is 1. The van der Waals surface area contributed by atoms with Gasteiger partial charge in [0.1, 0.15) is 11.9 Å². The summed E-state index contributed by atoms with van der Waals surface area (Å²) in [4.78, 5) is 28.4. The zero-order valence-electron chi connectivity index (χ0n) is 8.77. The number of carboxylic acid groups (broad SMARTS) is 1. The standard InChI is InChI=1S/C10H12N2O4/c1-16-8(5-2-3-5)9-11-6(10(14)15)4-7(13)12-9/h4-5,8H,2-3H2,1H3,(H,14,15)(H,11,12,13). The van der Waals surface area contributed by atoms with Gasteiger partial charge in [-0.15, -0.1) is 0 Å². The number of carboxylic acids is 1. The molecule has 0 aromatic carbocycles. The lowest BCUT2D eigenvalue weighted by Gasteiger charge is -2.13. The Labute approximate surface area is 91.3 Å². The smallest absolute Gasteiger partial charge is 0.354 e. The first-order chi connectivity index (χ1) is 7.61. The molecule has 0 radical (unpaired) electrons. The van der Waals surface area contributed by atoms with Crippen molar-refractivity contribution >= 4 is 5.97 Å². The van der Waals surface area contributed by atoms with E-state index in [-0.39, 0.29) is 11.8 Å². The van der Waals surface area contributed by atoms with Crippen LogP contribution in [0.5, 0.6) is 0 Å². The van der Waals surface area contributed by atoms with Crippen LogP contribution in [-0.2, 0) is 4.74 Å². The Morgan fingerprint density at radius 1 is 1.69 bits per heavy atom. The number of hydrogen-bond acceptors (Lipinski definition) is 4. The molecule has 1 saturated carbocycles. The number of nitrogens with one attached hydrogen (secondary N) is 1. The van der Waals surface area contributed by atoms with Crippen molar-refractivity contribution in [2.45, 2.75) is 18.9 Å². The highest BCUT2D eigenvalue weighted by Crippen LogP contribution is 2.41. The molecule has 1 aromatic rings. The molecule has 1 aliphatic rings. The maximum Gasteiger partial charge on any atom is 0.354 e. The SMILES string of the molecule is COC(c1nc(C(=O)O)cc(=O)[nH]1)C1CC1. The molecule has 0 bridgehead atoms. The third-order valence-corrected chi connectivity index (χ3v) is 2.55. The molecule has 1 aliphatic carbocycles. The fraction of sp³-hybridized carbons (Fsp3) is 0.500. The maximum atomic E-state index is 11.3. The predicted molar refractivity (Wildman–Crippen MR) is 54.3 cm³/mol. The highest BCUT2D eigenvalue weighted by molar-refractivity contribution is 5.85. The van der Waals surface area contributed by atoms with Crippen LogP contribution in [0.1, 0.15) is 35.3 Å². The van der Waals surface area contributed by atoms with E-state index < -0.39 is 11.5 Å². The molecule has 2 rings (SSSR count). The van der Waals surface area contributed by atoms with E-state index in [1.807, 2.05) is 0 Å². The molecule has 1 fully saturated rings.